The maximum atomic E-state index is 13.4. The number of benzene rings is 3. The van der Waals surface area contributed by atoms with Gasteiger partial charge >= 0.3 is 0 Å². The lowest BCUT2D eigenvalue weighted by molar-refractivity contribution is 0.473. The third kappa shape index (κ3) is 2.55. The molecule has 0 spiro atoms. The molecule has 0 saturated carbocycles. The molecule has 1 heterocycles. The SMILES string of the molecule is C[C@@H]1c2ccccc2-c2ccc(Cl)cc2N1S(=O)(=O)c1cccc(O)c1. The van der Waals surface area contributed by atoms with Crippen molar-refractivity contribution in [3.63, 3.8) is 0 Å². The van der Waals surface area contributed by atoms with E-state index in [0.717, 1.165) is 16.7 Å². The zero-order chi connectivity index (χ0) is 18.5. The minimum absolute atomic E-state index is 0.0367. The van der Waals surface area contributed by atoms with Crippen LogP contribution in [0.25, 0.3) is 11.1 Å². The molecule has 1 N–H and O–H groups in total. The summed E-state index contributed by atoms with van der Waals surface area (Å²) in [5, 5.41) is 10.2. The van der Waals surface area contributed by atoms with Crippen LogP contribution in [-0.4, -0.2) is 13.5 Å². The predicted molar refractivity (Wildman–Crippen MR) is 103 cm³/mol. The fourth-order valence-corrected chi connectivity index (χ4v) is 5.31. The minimum atomic E-state index is -3.89. The molecule has 26 heavy (non-hydrogen) atoms. The fraction of sp³-hybridized carbons (Fsp3) is 0.100. The summed E-state index contributed by atoms with van der Waals surface area (Å²) in [5.74, 6) is -0.0949. The summed E-state index contributed by atoms with van der Waals surface area (Å²) in [5.41, 5.74) is 3.26. The average Bonchev–Trinajstić information content (AvgIpc) is 2.61. The summed E-state index contributed by atoms with van der Waals surface area (Å²) >= 11 is 6.18. The minimum Gasteiger partial charge on any atom is -0.508 e. The van der Waals surface area contributed by atoms with Crippen LogP contribution in [0.4, 0.5) is 5.69 Å². The molecule has 0 saturated heterocycles. The Morgan fingerprint density at radius 1 is 0.962 bits per heavy atom. The lowest BCUT2D eigenvalue weighted by Crippen LogP contribution is -2.36. The van der Waals surface area contributed by atoms with Gasteiger partial charge in [0.1, 0.15) is 5.75 Å². The van der Waals surface area contributed by atoms with Gasteiger partial charge in [-0.2, -0.15) is 0 Å². The third-order valence-electron chi connectivity index (χ3n) is 4.62. The van der Waals surface area contributed by atoms with Crippen molar-refractivity contribution in [3.8, 4) is 16.9 Å². The Bertz CT molecular complexity index is 1110. The van der Waals surface area contributed by atoms with Gasteiger partial charge in [-0.1, -0.05) is 48.0 Å². The molecule has 0 fully saturated rings. The van der Waals surface area contributed by atoms with E-state index in [0.29, 0.717) is 10.7 Å². The third-order valence-corrected chi connectivity index (χ3v) is 6.74. The molecule has 4 nitrogen and oxygen atoms in total. The van der Waals surface area contributed by atoms with Gasteiger partial charge in [0.2, 0.25) is 0 Å². The molecular formula is C20H16ClNO3S. The molecule has 0 unspecified atom stereocenters. The number of sulfonamides is 1. The van der Waals surface area contributed by atoms with Gasteiger partial charge < -0.3 is 5.11 Å². The number of aromatic hydroxyl groups is 1. The first-order valence-corrected chi connectivity index (χ1v) is 9.94. The zero-order valence-corrected chi connectivity index (χ0v) is 15.5. The number of fused-ring (bicyclic) bond motifs is 3. The van der Waals surface area contributed by atoms with Gasteiger partial charge in [0.15, 0.2) is 0 Å². The van der Waals surface area contributed by atoms with Crippen LogP contribution < -0.4 is 4.31 Å². The van der Waals surface area contributed by atoms with Crippen LogP contribution in [0.2, 0.25) is 5.02 Å². The Hall–Kier alpha value is -2.50. The van der Waals surface area contributed by atoms with Crippen molar-refractivity contribution >= 4 is 27.3 Å². The van der Waals surface area contributed by atoms with Crippen molar-refractivity contribution in [3.05, 3.63) is 77.3 Å². The van der Waals surface area contributed by atoms with Crippen molar-refractivity contribution < 1.29 is 13.5 Å². The van der Waals surface area contributed by atoms with Gasteiger partial charge in [-0.3, -0.25) is 4.31 Å². The first kappa shape index (κ1) is 16.9. The first-order chi connectivity index (χ1) is 12.4. The molecule has 3 aromatic carbocycles. The number of rotatable bonds is 2. The standard InChI is InChI=1S/C20H16ClNO3S/c1-13-17-7-2-3-8-18(17)19-10-9-14(21)11-20(19)22(13)26(24,25)16-6-4-5-15(23)12-16/h2-13,23H,1H3/t13-/m1/s1. The summed E-state index contributed by atoms with van der Waals surface area (Å²) in [4.78, 5) is 0.0367. The van der Waals surface area contributed by atoms with Crippen molar-refractivity contribution in [2.24, 2.45) is 0 Å². The Morgan fingerprint density at radius 3 is 2.50 bits per heavy atom. The van der Waals surface area contributed by atoms with E-state index in [1.807, 2.05) is 37.3 Å². The van der Waals surface area contributed by atoms with Gasteiger partial charge in [0.05, 0.1) is 16.6 Å². The maximum absolute atomic E-state index is 13.4. The molecule has 0 radical (unpaired) electrons. The molecule has 1 aliphatic heterocycles. The van der Waals surface area contributed by atoms with E-state index in [4.69, 9.17) is 11.6 Å². The van der Waals surface area contributed by atoms with Gasteiger partial charge in [-0.25, -0.2) is 8.42 Å². The molecule has 4 rings (SSSR count). The quantitative estimate of drug-likeness (QED) is 0.676. The first-order valence-electron chi connectivity index (χ1n) is 8.12. The number of anilines is 1. The van der Waals surface area contributed by atoms with E-state index in [9.17, 15) is 13.5 Å². The molecular weight excluding hydrogens is 370 g/mol. The summed E-state index contributed by atoms with van der Waals surface area (Å²) in [6.45, 7) is 1.85. The van der Waals surface area contributed by atoms with E-state index in [1.165, 1.54) is 28.6 Å². The smallest absolute Gasteiger partial charge is 0.265 e. The highest BCUT2D eigenvalue weighted by atomic mass is 35.5. The van der Waals surface area contributed by atoms with E-state index in [2.05, 4.69) is 0 Å². The predicted octanol–water partition coefficient (Wildman–Crippen LogP) is 4.98. The Balaban J connectivity index is 1.99. The van der Waals surface area contributed by atoms with Gasteiger partial charge in [0, 0.05) is 16.7 Å². The molecule has 0 amide bonds. The zero-order valence-electron chi connectivity index (χ0n) is 13.9. The van der Waals surface area contributed by atoms with Crippen LogP contribution in [0.1, 0.15) is 18.5 Å². The van der Waals surface area contributed by atoms with Crippen LogP contribution in [0.15, 0.2) is 71.6 Å². The van der Waals surface area contributed by atoms with Crippen molar-refractivity contribution in [2.75, 3.05) is 4.31 Å². The second kappa shape index (κ2) is 6.04. The highest BCUT2D eigenvalue weighted by Crippen LogP contribution is 2.47. The van der Waals surface area contributed by atoms with Crippen LogP contribution in [0.3, 0.4) is 0 Å². The van der Waals surface area contributed by atoms with Crippen LogP contribution >= 0.6 is 11.6 Å². The topological polar surface area (TPSA) is 57.6 Å². The van der Waals surface area contributed by atoms with Crippen LogP contribution in [0.5, 0.6) is 5.75 Å². The van der Waals surface area contributed by atoms with Gasteiger partial charge in [-0.05, 0) is 42.3 Å². The van der Waals surface area contributed by atoms with Gasteiger partial charge in [0.25, 0.3) is 10.0 Å². The maximum Gasteiger partial charge on any atom is 0.265 e. The summed E-state index contributed by atoms with van der Waals surface area (Å²) in [6.07, 6.45) is 0. The Kier molecular flexibility index (Phi) is 3.93. The molecule has 3 aromatic rings. The molecule has 0 aliphatic carbocycles. The molecule has 1 atom stereocenters. The highest BCUT2D eigenvalue weighted by molar-refractivity contribution is 7.92. The Morgan fingerprint density at radius 2 is 1.73 bits per heavy atom. The van der Waals surface area contributed by atoms with E-state index in [1.54, 1.807) is 12.1 Å². The van der Waals surface area contributed by atoms with Crippen molar-refractivity contribution in [1.29, 1.82) is 0 Å². The van der Waals surface area contributed by atoms with E-state index in [-0.39, 0.29) is 10.6 Å². The monoisotopic (exact) mass is 385 g/mol. The second-order valence-corrected chi connectivity index (χ2v) is 8.47. The number of halogens is 1. The molecule has 1 aliphatic rings. The number of hydrogen-bond donors (Lipinski definition) is 1. The lowest BCUT2D eigenvalue weighted by atomic mass is 9.90. The number of phenols is 1. The summed E-state index contributed by atoms with van der Waals surface area (Å²) in [6, 6.07) is 18.3. The summed E-state index contributed by atoms with van der Waals surface area (Å²) < 4.78 is 28.2. The van der Waals surface area contributed by atoms with Crippen molar-refractivity contribution in [2.45, 2.75) is 17.9 Å². The van der Waals surface area contributed by atoms with E-state index < -0.39 is 16.1 Å². The highest BCUT2D eigenvalue weighted by Gasteiger charge is 2.36. The number of hydrogen-bond acceptors (Lipinski definition) is 3. The molecule has 6 heteroatoms. The van der Waals surface area contributed by atoms with Crippen molar-refractivity contribution in [1.82, 2.24) is 0 Å². The lowest BCUT2D eigenvalue weighted by Gasteiger charge is -2.37. The summed E-state index contributed by atoms with van der Waals surface area (Å²) in [7, 11) is -3.89. The molecule has 0 aromatic heterocycles. The largest absolute Gasteiger partial charge is 0.508 e. The van der Waals surface area contributed by atoms with Crippen LogP contribution in [-0.2, 0) is 10.0 Å². The molecule has 0 bridgehead atoms. The number of nitrogens with zero attached hydrogens (tertiary/aromatic N) is 1. The van der Waals surface area contributed by atoms with Crippen LogP contribution in [0, 0.1) is 0 Å². The fourth-order valence-electron chi connectivity index (χ4n) is 3.45. The number of phenolic OH excluding ortho intramolecular Hbond substituents is 1. The van der Waals surface area contributed by atoms with Gasteiger partial charge in [-0.15, -0.1) is 0 Å². The normalized spacial score (nSPS) is 16.1. The van der Waals surface area contributed by atoms with E-state index >= 15 is 0 Å². The second-order valence-electron chi connectivity index (χ2n) is 6.22. The molecule has 132 valence electrons. The average molecular weight is 386 g/mol. The Labute approximate surface area is 157 Å².